The number of alkyl halides is 2. The first kappa shape index (κ1) is 9.50. The summed E-state index contributed by atoms with van der Waals surface area (Å²) in [5, 5.41) is 0. The van der Waals surface area contributed by atoms with Gasteiger partial charge >= 0.3 is 0 Å². The summed E-state index contributed by atoms with van der Waals surface area (Å²) < 4.78 is 27.3. The van der Waals surface area contributed by atoms with Crippen LogP contribution < -0.4 is 0 Å². The number of imidazole rings is 2. The first-order valence-corrected chi connectivity index (χ1v) is 5.05. The summed E-state index contributed by atoms with van der Waals surface area (Å²) in [6.45, 7) is 0.295. The van der Waals surface area contributed by atoms with E-state index < -0.39 is 11.8 Å². The van der Waals surface area contributed by atoms with Gasteiger partial charge in [0.05, 0.1) is 0 Å². The van der Waals surface area contributed by atoms with Crippen molar-refractivity contribution in [1.82, 2.24) is 19.5 Å². The third kappa shape index (κ3) is 1.50. The van der Waals surface area contributed by atoms with Gasteiger partial charge in [0, 0.05) is 43.7 Å². The van der Waals surface area contributed by atoms with Gasteiger partial charge in [-0.15, -0.1) is 0 Å². The molecule has 1 N–H and O–H groups in total. The molecule has 4 nitrogen and oxygen atoms in total. The monoisotopic (exact) mass is 224 g/mol. The molecule has 0 radical (unpaired) electrons. The molecule has 2 heterocycles. The van der Waals surface area contributed by atoms with Gasteiger partial charge < -0.3 is 9.55 Å². The molecule has 3 rings (SSSR count). The highest BCUT2D eigenvalue weighted by Crippen LogP contribution is 2.49. The fourth-order valence-corrected chi connectivity index (χ4v) is 1.77. The Hall–Kier alpha value is -1.72. The van der Waals surface area contributed by atoms with E-state index in [1.165, 1.54) is 0 Å². The van der Waals surface area contributed by atoms with Crippen LogP contribution in [0.2, 0.25) is 0 Å². The van der Waals surface area contributed by atoms with Crippen molar-refractivity contribution in [2.75, 3.05) is 0 Å². The smallest absolute Gasteiger partial charge is 0.253 e. The summed E-state index contributed by atoms with van der Waals surface area (Å²) in [5.41, 5.74) is 0. The van der Waals surface area contributed by atoms with Gasteiger partial charge in [-0.05, 0) is 0 Å². The Bertz CT molecular complexity index is 489. The zero-order valence-electron chi connectivity index (χ0n) is 8.40. The molecule has 2 aromatic rings. The van der Waals surface area contributed by atoms with Crippen LogP contribution in [0, 0.1) is 5.92 Å². The molecule has 0 spiro atoms. The van der Waals surface area contributed by atoms with E-state index in [0.717, 1.165) is 0 Å². The molecule has 0 bridgehead atoms. The number of hydrogen-bond acceptors (Lipinski definition) is 2. The Morgan fingerprint density at radius 2 is 2.25 bits per heavy atom. The van der Waals surface area contributed by atoms with Crippen molar-refractivity contribution in [2.45, 2.75) is 18.9 Å². The molecule has 1 aliphatic rings. The van der Waals surface area contributed by atoms with Gasteiger partial charge in [-0.2, -0.15) is 0 Å². The lowest BCUT2D eigenvalue weighted by Crippen LogP contribution is -2.06. The first-order chi connectivity index (χ1) is 7.67. The fourth-order valence-electron chi connectivity index (χ4n) is 1.77. The molecule has 2 aromatic heterocycles. The van der Waals surface area contributed by atoms with Gasteiger partial charge in [-0.25, -0.2) is 18.7 Å². The molecule has 1 atom stereocenters. The second kappa shape index (κ2) is 3.13. The summed E-state index contributed by atoms with van der Waals surface area (Å²) in [4.78, 5) is 11.1. The molecular weight excluding hydrogens is 214 g/mol. The standard InChI is InChI=1S/C10H10F2N4/c11-10(12)5-7(10)6-16-4-3-15-9(16)8-13-1-2-14-8/h1-4,7H,5-6H2,(H,13,14). The number of aromatic nitrogens is 4. The largest absolute Gasteiger partial charge is 0.342 e. The van der Waals surface area contributed by atoms with Gasteiger partial charge in [-0.3, -0.25) is 0 Å². The first-order valence-electron chi connectivity index (χ1n) is 5.05. The molecule has 16 heavy (non-hydrogen) atoms. The zero-order chi connectivity index (χ0) is 11.2. The van der Waals surface area contributed by atoms with E-state index in [1.54, 1.807) is 29.4 Å². The molecular formula is C10H10F2N4. The molecule has 0 aliphatic heterocycles. The van der Waals surface area contributed by atoms with Crippen molar-refractivity contribution in [3.63, 3.8) is 0 Å². The van der Waals surface area contributed by atoms with E-state index in [2.05, 4.69) is 15.0 Å². The van der Waals surface area contributed by atoms with Crippen LogP contribution in [-0.4, -0.2) is 25.4 Å². The molecule has 0 saturated heterocycles. The van der Waals surface area contributed by atoms with Crippen LogP contribution in [0.4, 0.5) is 8.78 Å². The summed E-state index contributed by atoms with van der Waals surface area (Å²) >= 11 is 0. The van der Waals surface area contributed by atoms with E-state index in [0.29, 0.717) is 18.2 Å². The predicted octanol–water partition coefficient (Wildman–Crippen LogP) is 1.93. The number of halogens is 2. The number of hydrogen-bond donors (Lipinski definition) is 1. The average molecular weight is 224 g/mol. The molecule has 1 unspecified atom stereocenters. The minimum atomic E-state index is -2.50. The van der Waals surface area contributed by atoms with E-state index in [-0.39, 0.29) is 6.42 Å². The molecule has 1 aliphatic carbocycles. The lowest BCUT2D eigenvalue weighted by molar-refractivity contribution is 0.0952. The second-order valence-electron chi connectivity index (χ2n) is 4.00. The zero-order valence-corrected chi connectivity index (χ0v) is 8.40. The van der Waals surface area contributed by atoms with Crippen LogP contribution in [0.5, 0.6) is 0 Å². The van der Waals surface area contributed by atoms with Crippen molar-refractivity contribution in [3.05, 3.63) is 24.8 Å². The third-order valence-corrected chi connectivity index (χ3v) is 2.80. The Morgan fingerprint density at radius 3 is 2.88 bits per heavy atom. The van der Waals surface area contributed by atoms with Crippen LogP contribution in [0.15, 0.2) is 24.8 Å². The summed E-state index contributed by atoms with van der Waals surface area (Å²) in [6.07, 6.45) is 6.56. The number of nitrogens with one attached hydrogen (secondary N) is 1. The Balaban J connectivity index is 1.84. The van der Waals surface area contributed by atoms with Gasteiger partial charge in [0.1, 0.15) is 0 Å². The molecule has 6 heteroatoms. The molecule has 0 aromatic carbocycles. The summed E-state index contributed by atoms with van der Waals surface area (Å²) in [6, 6.07) is 0. The lowest BCUT2D eigenvalue weighted by atomic mass is 10.4. The van der Waals surface area contributed by atoms with E-state index in [1.807, 2.05) is 0 Å². The van der Waals surface area contributed by atoms with Crippen molar-refractivity contribution < 1.29 is 8.78 Å². The quantitative estimate of drug-likeness (QED) is 0.865. The van der Waals surface area contributed by atoms with E-state index >= 15 is 0 Å². The fraction of sp³-hybridized carbons (Fsp3) is 0.400. The highest BCUT2D eigenvalue weighted by molar-refractivity contribution is 5.43. The molecule has 84 valence electrons. The van der Waals surface area contributed by atoms with Crippen LogP contribution in [0.3, 0.4) is 0 Å². The number of nitrogens with zero attached hydrogens (tertiary/aromatic N) is 3. The van der Waals surface area contributed by atoms with Crippen molar-refractivity contribution in [2.24, 2.45) is 5.92 Å². The Kier molecular flexibility index (Phi) is 1.86. The molecule has 1 fully saturated rings. The van der Waals surface area contributed by atoms with Crippen molar-refractivity contribution in [3.8, 4) is 11.6 Å². The topological polar surface area (TPSA) is 46.5 Å². The SMILES string of the molecule is FC1(F)CC1Cn1ccnc1-c1ncc[nH]1. The van der Waals surface area contributed by atoms with Gasteiger partial charge in [0.15, 0.2) is 11.6 Å². The van der Waals surface area contributed by atoms with Crippen molar-refractivity contribution in [1.29, 1.82) is 0 Å². The molecule has 1 saturated carbocycles. The van der Waals surface area contributed by atoms with E-state index in [4.69, 9.17) is 0 Å². The normalized spacial score (nSPS) is 22.2. The van der Waals surface area contributed by atoms with Crippen LogP contribution in [0.25, 0.3) is 11.6 Å². The predicted molar refractivity (Wildman–Crippen MR) is 52.9 cm³/mol. The highest BCUT2D eigenvalue weighted by Gasteiger charge is 2.56. The maximum absolute atomic E-state index is 12.8. The van der Waals surface area contributed by atoms with Crippen LogP contribution in [-0.2, 0) is 6.54 Å². The minimum Gasteiger partial charge on any atom is -0.342 e. The molecule has 0 amide bonds. The maximum atomic E-state index is 12.8. The number of aromatic amines is 1. The van der Waals surface area contributed by atoms with Gasteiger partial charge in [0.2, 0.25) is 0 Å². The number of rotatable bonds is 3. The summed E-state index contributed by atoms with van der Waals surface area (Å²) in [5.74, 6) is -1.85. The van der Waals surface area contributed by atoms with Gasteiger partial charge in [0.25, 0.3) is 5.92 Å². The Labute approximate surface area is 90.3 Å². The Morgan fingerprint density at radius 1 is 1.44 bits per heavy atom. The number of H-pyrrole nitrogens is 1. The van der Waals surface area contributed by atoms with E-state index in [9.17, 15) is 8.78 Å². The summed E-state index contributed by atoms with van der Waals surface area (Å²) in [7, 11) is 0. The average Bonchev–Trinajstić information content (AvgIpc) is 2.66. The van der Waals surface area contributed by atoms with Gasteiger partial charge in [-0.1, -0.05) is 0 Å². The van der Waals surface area contributed by atoms with Crippen LogP contribution >= 0.6 is 0 Å². The maximum Gasteiger partial charge on any atom is 0.253 e. The lowest BCUT2D eigenvalue weighted by Gasteiger charge is -2.04. The highest BCUT2D eigenvalue weighted by atomic mass is 19.3. The second-order valence-corrected chi connectivity index (χ2v) is 4.00. The minimum absolute atomic E-state index is 0.0250. The van der Waals surface area contributed by atoms with Crippen molar-refractivity contribution >= 4 is 0 Å². The third-order valence-electron chi connectivity index (χ3n) is 2.80. The van der Waals surface area contributed by atoms with Crippen LogP contribution in [0.1, 0.15) is 6.42 Å².